The van der Waals surface area contributed by atoms with Crippen molar-refractivity contribution in [1.82, 2.24) is 9.88 Å². The zero-order valence-electron chi connectivity index (χ0n) is 18.7. The monoisotopic (exact) mass is 481 g/mol. The van der Waals surface area contributed by atoms with Gasteiger partial charge >= 0.3 is 18.1 Å². The first-order chi connectivity index (χ1) is 15.9. The molecule has 3 heterocycles. The number of alkyl halides is 3. The summed E-state index contributed by atoms with van der Waals surface area (Å²) in [6, 6.07) is 10.4. The van der Waals surface area contributed by atoms with Crippen molar-refractivity contribution >= 4 is 17.6 Å². The fourth-order valence-corrected chi connectivity index (χ4v) is 4.49. The number of pyridine rings is 1. The molecular formula is C23H26F3N3O5. The molecule has 8 nitrogen and oxygen atoms in total. The summed E-state index contributed by atoms with van der Waals surface area (Å²) in [5.41, 5.74) is 2.87. The lowest BCUT2D eigenvalue weighted by atomic mass is 10.0. The third-order valence-electron chi connectivity index (χ3n) is 6.32. The van der Waals surface area contributed by atoms with Crippen molar-refractivity contribution in [3.8, 4) is 11.3 Å². The first-order valence-electron chi connectivity index (χ1n) is 10.8. The number of hydrogen-bond donors (Lipinski definition) is 3. The van der Waals surface area contributed by atoms with E-state index in [9.17, 15) is 22.8 Å². The van der Waals surface area contributed by atoms with Gasteiger partial charge in [0.2, 0.25) is 0 Å². The van der Waals surface area contributed by atoms with Gasteiger partial charge in [-0.25, -0.2) is 9.59 Å². The maximum Gasteiger partial charge on any atom is 0.490 e. The summed E-state index contributed by atoms with van der Waals surface area (Å²) in [5, 5.41) is 16.3. The van der Waals surface area contributed by atoms with E-state index in [0.29, 0.717) is 18.2 Å². The third-order valence-corrected chi connectivity index (χ3v) is 6.32. The van der Waals surface area contributed by atoms with Gasteiger partial charge in [0.05, 0.1) is 5.69 Å². The van der Waals surface area contributed by atoms with Gasteiger partial charge in [0.25, 0.3) is 5.56 Å². The van der Waals surface area contributed by atoms with Crippen LogP contribution in [0.5, 0.6) is 0 Å². The van der Waals surface area contributed by atoms with Crippen molar-refractivity contribution in [2.24, 2.45) is 5.92 Å². The molecule has 0 saturated carbocycles. The summed E-state index contributed by atoms with van der Waals surface area (Å²) in [5.74, 6) is -3.20. The van der Waals surface area contributed by atoms with Crippen molar-refractivity contribution in [2.75, 3.05) is 31.6 Å². The van der Waals surface area contributed by atoms with Gasteiger partial charge in [-0.1, -0.05) is 19.1 Å². The molecule has 2 atom stereocenters. The molecule has 2 fully saturated rings. The average molecular weight is 481 g/mol. The van der Waals surface area contributed by atoms with Crippen molar-refractivity contribution in [2.45, 2.75) is 32.0 Å². The fraction of sp³-hybridized carbons (Fsp3) is 0.435. The number of aromatic nitrogens is 1. The topological polar surface area (TPSA) is 114 Å². The highest BCUT2D eigenvalue weighted by Gasteiger charge is 2.39. The van der Waals surface area contributed by atoms with Crippen LogP contribution in [0.25, 0.3) is 11.3 Å². The zero-order chi connectivity index (χ0) is 25.2. The molecule has 184 valence electrons. The minimum atomic E-state index is -5.08. The predicted molar refractivity (Wildman–Crippen MR) is 119 cm³/mol. The Labute approximate surface area is 193 Å². The minimum Gasteiger partial charge on any atom is -0.477 e. The third kappa shape index (κ3) is 5.41. The Morgan fingerprint density at radius 2 is 1.76 bits per heavy atom. The Morgan fingerprint density at radius 3 is 2.26 bits per heavy atom. The van der Waals surface area contributed by atoms with Gasteiger partial charge in [0, 0.05) is 24.8 Å². The van der Waals surface area contributed by atoms with Gasteiger partial charge in [0.15, 0.2) is 0 Å². The van der Waals surface area contributed by atoms with E-state index in [1.807, 2.05) is 19.1 Å². The lowest BCUT2D eigenvalue weighted by Gasteiger charge is -2.22. The highest BCUT2D eigenvalue weighted by atomic mass is 19.4. The summed E-state index contributed by atoms with van der Waals surface area (Å²) >= 11 is 0. The maximum atomic E-state index is 12.1. The van der Waals surface area contributed by atoms with Crippen LogP contribution in [0.1, 0.15) is 29.3 Å². The van der Waals surface area contributed by atoms with E-state index in [0.717, 1.165) is 30.1 Å². The highest BCUT2D eigenvalue weighted by molar-refractivity contribution is 5.88. The second-order valence-corrected chi connectivity index (χ2v) is 8.42. The molecule has 11 heteroatoms. The number of nitrogens with one attached hydrogen (secondary N) is 1. The van der Waals surface area contributed by atoms with Crippen LogP contribution in [0.15, 0.2) is 35.1 Å². The molecule has 0 unspecified atom stereocenters. The smallest absolute Gasteiger partial charge is 0.477 e. The number of anilines is 1. The molecule has 2 aliphatic rings. The standard InChI is InChI=1S/C21H25N3O3.C2HF3O2/c1-3-13-10-17(21(26)27)20(25)22-19(13)14-4-6-16(7-5-14)24-11-15-8-9-23(2)18(15)12-24;3-2(4,5)1(6)7/h4-7,10,15,18H,3,8-9,11-12H2,1-2H3,(H,22,25)(H,26,27);(H,6,7)/t15-,18+;/m1./s1. The van der Waals surface area contributed by atoms with Crippen LogP contribution >= 0.6 is 0 Å². The Balaban J connectivity index is 0.000000406. The number of aromatic amines is 1. The molecule has 2 saturated heterocycles. The Hall–Kier alpha value is -3.34. The average Bonchev–Trinajstić information content (AvgIpc) is 3.35. The van der Waals surface area contributed by atoms with E-state index in [-0.39, 0.29) is 5.56 Å². The van der Waals surface area contributed by atoms with Crippen molar-refractivity contribution in [3.63, 3.8) is 0 Å². The number of carbonyl (C=O) groups is 2. The number of hydrogen-bond acceptors (Lipinski definition) is 5. The number of rotatable bonds is 4. The van der Waals surface area contributed by atoms with Gasteiger partial charge < -0.3 is 25.0 Å². The van der Waals surface area contributed by atoms with E-state index >= 15 is 0 Å². The number of carboxylic acid groups (broad SMARTS) is 2. The second kappa shape index (κ2) is 9.88. The van der Waals surface area contributed by atoms with Gasteiger partial charge in [-0.3, -0.25) is 4.79 Å². The maximum absolute atomic E-state index is 12.1. The number of aryl methyl sites for hydroxylation is 1. The van der Waals surface area contributed by atoms with E-state index in [1.165, 1.54) is 24.7 Å². The molecule has 0 spiro atoms. The largest absolute Gasteiger partial charge is 0.490 e. The molecule has 34 heavy (non-hydrogen) atoms. The number of carboxylic acids is 2. The molecule has 1 aromatic heterocycles. The number of aliphatic carboxylic acids is 1. The van der Waals surface area contributed by atoms with Crippen LogP contribution in [-0.2, 0) is 11.2 Å². The summed E-state index contributed by atoms with van der Waals surface area (Å²) in [6.45, 7) is 5.31. The fourth-order valence-electron chi connectivity index (χ4n) is 4.49. The minimum absolute atomic E-state index is 0.208. The van der Waals surface area contributed by atoms with Crippen LogP contribution in [0.2, 0.25) is 0 Å². The SMILES string of the molecule is CCc1cc(C(=O)O)c(=O)[nH]c1-c1ccc(N2C[C@H]3CCN(C)[C@H]3C2)cc1.O=C(O)C(F)(F)F. The molecule has 3 N–H and O–H groups in total. The van der Waals surface area contributed by atoms with Crippen molar-refractivity contribution < 1.29 is 33.0 Å². The number of benzene rings is 1. The molecular weight excluding hydrogens is 455 g/mol. The normalized spacial score (nSPS) is 20.0. The number of aromatic carboxylic acids is 1. The number of nitrogens with zero attached hydrogens (tertiary/aromatic N) is 2. The molecule has 0 radical (unpaired) electrons. The molecule has 1 aromatic carbocycles. The quantitative estimate of drug-likeness (QED) is 0.615. The van der Waals surface area contributed by atoms with E-state index in [4.69, 9.17) is 15.0 Å². The molecule has 0 aliphatic carbocycles. The highest BCUT2D eigenvalue weighted by Crippen LogP contribution is 2.34. The predicted octanol–water partition coefficient (Wildman–Crippen LogP) is 3.08. The van der Waals surface area contributed by atoms with Crippen LogP contribution in [-0.4, -0.2) is 70.9 Å². The number of likely N-dealkylation sites (N-methyl/N-ethyl adjacent to an activating group) is 1. The molecule has 2 aromatic rings. The number of H-pyrrole nitrogens is 1. The van der Waals surface area contributed by atoms with Crippen LogP contribution in [0.3, 0.4) is 0 Å². The van der Waals surface area contributed by atoms with Crippen molar-refractivity contribution in [3.05, 3.63) is 51.8 Å². The Morgan fingerprint density at radius 1 is 1.15 bits per heavy atom. The zero-order valence-corrected chi connectivity index (χ0v) is 18.7. The van der Waals surface area contributed by atoms with E-state index < -0.39 is 23.7 Å². The molecule has 0 amide bonds. The van der Waals surface area contributed by atoms with Gasteiger partial charge in [0.1, 0.15) is 5.56 Å². The van der Waals surface area contributed by atoms with Gasteiger partial charge in [-0.2, -0.15) is 13.2 Å². The van der Waals surface area contributed by atoms with Gasteiger partial charge in [-0.05, 0) is 61.7 Å². The van der Waals surface area contributed by atoms with Gasteiger partial charge in [-0.15, -0.1) is 0 Å². The van der Waals surface area contributed by atoms with Crippen molar-refractivity contribution in [1.29, 1.82) is 0 Å². The first-order valence-corrected chi connectivity index (χ1v) is 10.8. The van der Waals surface area contributed by atoms with Crippen LogP contribution in [0.4, 0.5) is 18.9 Å². The molecule has 4 rings (SSSR count). The molecule has 2 aliphatic heterocycles. The summed E-state index contributed by atoms with van der Waals surface area (Å²) in [4.78, 5) is 39.9. The lowest BCUT2D eigenvalue weighted by Crippen LogP contribution is -2.32. The number of halogens is 3. The Bertz CT molecular complexity index is 1110. The summed E-state index contributed by atoms with van der Waals surface area (Å²) in [7, 11) is 2.21. The van der Waals surface area contributed by atoms with Crippen LogP contribution in [0, 0.1) is 5.92 Å². The Kier molecular flexibility index (Phi) is 7.35. The second-order valence-electron chi connectivity index (χ2n) is 8.42. The summed E-state index contributed by atoms with van der Waals surface area (Å²) in [6.07, 6.45) is -3.16. The lowest BCUT2D eigenvalue weighted by molar-refractivity contribution is -0.192. The number of likely N-dealkylation sites (tertiary alicyclic amines) is 1. The first kappa shape index (κ1) is 25.3. The van der Waals surface area contributed by atoms with Crippen LogP contribution < -0.4 is 10.5 Å². The summed E-state index contributed by atoms with van der Waals surface area (Å²) < 4.78 is 31.7. The van der Waals surface area contributed by atoms with E-state index in [1.54, 1.807) is 0 Å². The number of fused-ring (bicyclic) bond motifs is 1. The van der Waals surface area contributed by atoms with E-state index in [2.05, 4.69) is 34.0 Å². The molecule has 0 bridgehead atoms.